The molecule has 0 bridgehead atoms. The highest BCUT2D eigenvalue weighted by atomic mass is 35.5. The second-order valence-corrected chi connectivity index (χ2v) is 10.2. The summed E-state index contributed by atoms with van der Waals surface area (Å²) in [5, 5.41) is 11.3. The van der Waals surface area contributed by atoms with Gasteiger partial charge in [-0.3, -0.25) is 0 Å². The van der Waals surface area contributed by atoms with Crippen LogP contribution in [0.25, 0.3) is 29.1 Å². The van der Waals surface area contributed by atoms with Crippen molar-refractivity contribution in [3.8, 4) is 11.5 Å². The molecule has 0 aliphatic heterocycles. The first-order chi connectivity index (χ1) is 19.5. The van der Waals surface area contributed by atoms with E-state index < -0.39 is 5.97 Å². The Kier molecular flexibility index (Phi) is 8.79. The number of carbonyl (C=O) groups is 1. The molecule has 0 spiro atoms. The van der Waals surface area contributed by atoms with Crippen molar-refractivity contribution < 1.29 is 24.1 Å². The highest BCUT2D eigenvalue weighted by Gasteiger charge is 2.23. The van der Waals surface area contributed by atoms with E-state index in [-0.39, 0.29) is 24.0 Å². The number of methoxy groups -OCH3 is 1. The average molecular weight is 556 g/mol. The summed E-state index contributed by atoms with van der Waals surface area (Å²) in [6, 6.07) is 22.6. The van der Waals surface area contributed by atoms with Gasteiger partial charge in [-0.05, 0) is 78.4 Å². The van der Waals surface area contributed by atoms with Crippen LogP contribution in [0.5, 0.6) is 11.5 Å². The first-order valence-corrected chi connectivity index (χ1v) is 13.5. The lowest BCUT2D eigenvalue weighted by Gasteiger charge is -2.17. The van der Waals surface area contributed by atoms with Gasteiger partial charge in [0, 0.05) is 10.4 Å². The fraction of sp³-hybridized carbons (Fsp3) is 0.212. The van der Waals surface area contributed by atoms with Crippen molar-refractivity contribution in [2.45, 2.75) is 18.9 Å². The number of fused-ring (bicyclic) bond motifs is 1. The quantitative estimate of drug-likeness (QED) is 0.193. The summed E-state index contributed by atoms with van der Waals surface area (Å²) in [6.07, 6.45) is 9.98. The normalized spacial score (nSPS) is 14.2. The van der Waals surface area contributed by atoms with Crippen molar-refractivity contribution >= 4 is 46.7 Å². The fourth-order valence-electron chi connectivity index (χ4n) is 4.17. The van der Waals surface area contributed by atoms with Crippen LogP contribution in [0, 0.1) is 5.92 Å². The molecular weight excluding hydrogens is 526 g/mol. The summed E-state index contributed by atoms with van der Waals surface area (Å²) < 4.78 is 17.2. The molecule has 4 aromatic rings. The summed E-state index contributed by atoms with van der Waals surface area (Å²) in [5.41, 5.74) is 3.80. The molecule has 204 valence electrons. The first-order valence-electron chi connectivity index (χ1n) is 13.2. The molecule has 3 aromatic carbocycles. The standard InChI is InChI=1S/C33H30ClNO5/c1-38-28-15-16-32(30(19-28)33(36)37)40-21-29(39-20-24-5-6-24)14-8-23-4-2-3-22(17-23)7-12-27-13-10-25-9-11-26(34)18-31(25)35-27/h2-4,7-19,24,29H,5-6,20-21H2,1H3,(H,36,37)/b12-7+,14-8+/t29-/m0/s1. The Balaban J connectivity index is 1.28. The Morgan fingerprint density at radius 2 is 1.82 bits per heavy atom. The van der Waals surface area contributed by atoms with E-state index in [1.165, 1.54) is 26.0 Å². The van der Waals surface area contributed by atoms with Gasteiger partial charge in [0.2, 0.25) is 0 Å². The Labute approximate surface area is 238 Å². The van der Waals surface area contributed by atoms with Crippen LogP contribution in [0.15, 0.2) is 78.9 Å². The van der Waals surface area contributed by atoms with Gasteiger partial charge < -0.3 is 19.3 Å². The number of pyridine rings is 1. The smallest absolute Gasteiger partial charge is 0.339 e. The van der Waals surface area contributed by atoms with Gasteiger partial charge >= 0.3 is 5.97 Å². The highest BCUT2D eigenvalue weighted by Crippen LogP contribution is 2.30. The van der Waals surface area contributed by atoms with E-state index in [1.54, 1.807) is 12.1 Å². The Hall–Kier alpha value is -4.13. The van der Waals surface area contributed by atoms with Crippen LogP contribution in [0.2, 0.25) is 5.02 Å². The summed E-state index contributed by atoms with van der Waals surface area (Å²) in [7, 11) is 1.50. The Morgan fingerprint density at radius 1 is 1.02 bits per heavy atom. The number of nitrogens with zero attached hydrogens (tertiary/aromatic N) is 1. The van der Waals surface area contributed by atoms with Crippen LogP contribution in [-0.2, 0) is 4.74 Å². The third-order valence-corrected chi connectivity index (χ3v) is 6.83. The molecule has 1 saturated carbocycles. The first kappa shape index (κ1) is 27.4. The number of hydrogen-bond acceptors (Lipinski definition) is 5. The summed E-state index contributed by atoms with van der Waals surface area (Å²) in [5.74, 6) is 0.242. The molecule has 1 N–H and O–H groups in total. The van der Waals surface area contributed by atoms with Crippen molar-refractivity contribution in [3.63, 3.8) is 0 Å². The minimum atomic E-state index is -1.08. The highest BCUT2D eigenvalue weighted by molar-refractivity contribution is 6.31. The van der Waals surface area contributed by atoms with Crippen molar-refractivity contribution in [2.75, 3.05) is 20.3 Å². The zero-order valence-corrected chi connectivity index (χ0v) is 22.9. The van der Waals surface area contributed by atoms with Crippen LogP contribution >= 0.6 is 11.6 Å². The van der Waals surface area contributed by atoms with Crippen molar-refractivity contribution in [1.82, 2.24) is 4.98 Å². The van der Waals surface area contributed by atoms with Gasteiger partial charge in [-0.1, -0.05) is 60.2 Å². The zero-order valence-electron chi connectivity index (χ0n) is 22.1. The van der Waals surface area contributed by atoms with E-state index >= 15 is 0 Å². The van der Waals surface area contributed by atoms with E-state index in [0.717, 1.165) is 27.7 Å². The van der Waals surface area contributed by atoms with E-state index in [9.17, 15) is 9.90 Å². The number of carboxylic acids is 1. The molecule has 1 aromatic heterocycles. The molecule has 1 aliphatic rings. The van der Waals surface area contributed by atoms with Crippen molar-refractivity contribution in [2.24, 2.45) is 5.92 Å². The van der Waals surface area contributed by atoms with Gasteiger partial charge in [-0.2, -0.15) is 0 Å². The maximum atomic E-state index is 11.7. The minimum Gasteiger partial charge on any atom is -0.497 e. The molecule has 0 amide bonds. The van der Waals surface area contributed by atoms with Crippen LogP contribution in [0.4, 0.5) is 0 Å². The van der Waals surface area contributed by atoms with Crippen LogP contribution in [-0.4, -0.2) is 42.5 Å². The number of carboxylic acid groups (broad SMARTS) is 1. The molecule has 0 radical (unpaired) electrons. The maximum Gasteiger partial charge on any atom is 0.339 e. The number of rotatable bonds is 12. The molecule has 5 rings (SSSR count). The molecule has 1 heterocycles. The van der Waals surface area contributed by atoms with Gasteiger partial charge in [0.15, 0.2) is 0 Å². The SMILES string of the molecule is COc1ccc(OC[C@H](/C=C/c2cccc(/C=C/c3ccc4ccc(Cl)cc4n3)c2)OCC2CC2)c(C(=O)O)c1. The largest absolute Gasteiger partial charge is 0.497 e. The van der Waals surface area contributed by atoms with Gasteiger partial charge in [0.1, 0.15) is 29.8 Å². The lowest BCUT2D eigenvalue weighted by molar-refractivity contribution is 0.0435. The van der Waals surface area contributed by atoms with Gasteiger partial charge in [-0.25, -0.2) is 9.78 Å². The van der Waals surface area contributed by atoms with E-state index in [0.29, 0.717) is 23.3 Å². The number of ether oxygens (including phenoxy) is 3. The molecule has 7 heteroatoms. The summed E-state index contributed by atoms with van der Waals surface area (Å²) in [4.78, 5) is 16.4. The topological polar surface area (TPSA) is 77.9 Å². The number of aromatic carboxylic acids is 1. The number of hydrogen-bond donors (Lipinski definition) is 1. The second kappa shape index (κ2) is 12.8. The monoisotopic (exact) mass is 555 g/mol. The van der Waals surface area contributed by atoms with Gasteiger partial charge in [0.05, 0.1) is 24.9 Å². The summed E-state index contributed by atoms with van der Waals surface area (Å²) in [6.45, 7) is 0.840. The lowest BCUT2D eigenvalue weighted by Crippen LogP contribution is -2.21. The third-order valence-electron chi connectivity index (χ3n) is 6.60. The molecular formula is C33H30ClNO5. The maximum absolute atomic E-state index is 11.7. The fourth-order valence-corrected chi connectivity index (χ4v) is 4.34. The number of benzene rings is 3. The van der Waals surface area contributed by atoms with Crippen molar-refractivity contribution in [3.05, 3.63) is 106 Å². The Morgan fingerprint density at radius 3 is 2.60 bits per heavy atom. The summed E-state index contributed by atoms with van der Waals surface area (Å²) >= 11 is 6.12. The molecule has 1 fully saturated rings. The second-order valence-electron chi connectivity index (χ2n) is 9.73. The zero-order chi connectivity index (χ0) is 27.9. The van der Waals surface area contributed by atoms with Crippen molar-refractivity contribution in [1.29, 1.82) is 0 Å². The lowest BCUT2D eigenvalue weighted by atomic mass is 10.1. The predicted molar refractivity (Wildman–Crippen MR) is 159 cm³/mol. The van der Waals surface area contributed by atoms with Gasteiger partial charge in [0.25, 0.3) is 0 Å². The third kappa shape index (κ3) is 7.50. The molecule has 0 saturated heterocycles. The molecule has 1 aliphatic carbocycles. The van der Waals surface area contributed by atoms with E-state index in [1.807, 2.05) is 72.8 Å². The molecule has 6 nitrogen and oxygen atoms in total. The number of aromatic nitrogens is 1. The molecule has 40 heavy (non-hydrogen) atoms. The van der Waals surface area contributed by atoms with E-state index in [4.69, 9.17) is 25.8 Å². The number of halogens is 1. The average Bonchev–Trinajstić information content (AvgIpc) is 3.80. The van der Waals surface area contributed by atoms with E-state index in [2.05, 4.69) is 11.1 Å². The molecule has 0 unspecified atom stereocenters. The predicted octanol–water partition coefficient (Wildman–Crippen LogP) is 7.65. The van der Waals surface area contributed by atoms with Gasteiger partial charge in [-0.15, -0.1) is 0 Å². The minimum absolute atomic E-state index is 0.0489. The molecule has 1 atom stereocenters. The van der Waals surface area contributed by atoms with Crippen LogP contribution in [0.3, 0.4) is 0 Å². The van der Waals surface area contributed by atoms with Crippen LogP contribution < -0.4 is 9.47 Å². The Bertz CT molecular complexity index is 1560. The van der Waals surface area contributed by atoms with Crippen LogP contribution in [0.1, 0.15) is 40.0 Å².